The molecular weight excluding hydrogens is 581 g/mol. The molecule has 3 aromatic carbocycles. The molecule has 1 unspecified atom stereocenters. The summed E-state index contributed by atoms with van der Waals surface area (Å²) in [5.74, 6) is -2.99. The van der Waals surface area contributed by atoms with Gasteiger partial charge in [0.2, 0.25) is 0 Å². The highest BCUT2D eigenvalue weighted by Gasteiger charge is 2.36. The van der Waals surface area contributed by atoms with Crippen molar-refractivity contribution in [3.05, 3.63) is 117 Å². The van der Waals surface area contributed by atoms with Crippen molar-refractivity contribution in [1.29, 1.82) is 0 Å². The summed E-state index contributed by atoms with van der Waals surface area (Å²) in [6.07, 6.45) is -3.25. The van der Waals surface area contributed by atoms with Crippen molar-refractivity contribution in [2.45, 2.75) is 19.1 Å². The zero-order chi connectivity index (χ0) is 29.9. The second-order valence-corrected chi connectivity index (χ2v) is 10.0. The number of carbonyl (C=O) groups excluding carboxylic acids is 2. The molecule has 0 bridgehead atoms. The van der Waals surface area contributed by atoms with Gasteiger partial charge in [-0.15, -0.1) is 0 Å². The highest BCUT2D eigenvalue weighted by atomic mass is 35.5. The van der Waals surface area contributed by atoms with Gasteiger partial charge in [0.15, 0.2) is 5.65 Å². The third kappa shape index (κ3) is 4.94. The Balaban J connectivity index is 1.51. The van der Waals surface area contributed by atoms with Crippen molar-refractivity contribution in [2.75, 3.05) is 5.32 Å². The van der Waals surface area contributed by atoms with Crippen LogP contribution in [0.2, 0.25) is 5.02 Å². The summed E-state index contributed by atoms with van der Waals surface area (Å²) in [6, 6.07) is 10.5. The zero-order valence-corrected chi connectivity index (χ0v) is 22.1. The van der Waals surface area contributed by atoms with Gasteiger partial charge in [0, 0.05) is 44.7 Å². The van der Waals surface area contributed by atoms with Crippen molar-refractivity contribution in [3.63, 3.8) is 0 Å². The smallest absolute Gasteiger partial charge is 0.341 e. The molecule has 212 valence electrons. The number of nitrogens with one attached hydrogen (secondary N) is 2. The van der Waals surface area contributed by atoms with E-state index in [1.165, 1.54) is 16.6 Å². The molecule has 7 nitrogen and oxygen atoms in total. The topological polar surface area (TPSA) is 88.4 Å². The second kappa shape index (κ2) is 9.91. The SMILES string of the molecule is Cc1nc2ccc(-c3cc(NC(=O)c4cc(F)cc(C(F)(F)F)c4)c4c(c3)C(=O)NC4c3cc(F)ccc3Cl)cn2n1. The molecule has 0 aliphatic carbocycles. The number of benzene rings is 3. The van der Waals surface area contributed by atoms with Gasteiger partial charge in [-0.1, -0.05) is 11.6 Å². The first-order valence-corrected chi connectivity index (χ1v) is 12.7. The Bertz CT molecular complexity index is 1940. The van der Waals surface area contributed by atoms with Crippen molar-refractivity contribution < 1.29 is 31.5 Å². The van der Waals surface area contributed by atoms with Crippen LogP contribution in [0.1, 0.15) is 49.3 Å². The number of anilines is 1. The highest BCUT2D eigenvalue weighted by Crippen LogP contribution is 2.42. The number of rotatable bonds is 4. The average Bonchev–Trinajstić information content (AvgIpc) is 3.47. The molecule has 0 spiro atoms. The summed E-state index contributed by atoms with van der Waals surface area (Å²) < 4.78 is 69.8. The number of hydrogen-bond donors (Lipinski definition) is 2. The van der Waals surface area contributed by atoms with E-state index in [9.17, 15) is 31.5 Å². The van der Waals surface area contributed by atoms with Crippen molar-refractivity contribution in [3.8, 4) is 11.1 Å². The third-order valence-corrected chi connectivity index (χ3v) is 7.11. The number of amides is 2. The van der Waals surface area contributed by atoms with Gasteiger partial charge in [-0.2, -0.15) is 18.3 Å². The van der Waals surface area contributed by atoms with Gasteiger partial charge in [0.25, 0.3) is 11.8 Å². The number of hydrogen-bond acceptors (Lipinski definition) is 4. The number of nitrogens with zero attached hydrogens (tertiary/aromatic N) is 3. The molecule has 1 atom stereocenters. The number of aromatic nitrogens is 3. The maximum Gasteiger partial charge on any atom is 0.416 e. The standard InChI is InChI=1S/C29H17ClF5N5O2/c1-13-36-24-5-2-14(12-40(24)39-13)15-8-21-25(26(38-28(21)42)20-11-18(31)3-4-22(20)30)23(9-15)37-27(41)16-6-17(29(33,34)35)10-19(32)7-16/h2-12,26H,1H3,(H,37,41)(H,38,42). The second-order valence-electron chi connectivity index (χ2n) is 9.62. The quantitative estimate of drug-likeness (QED) is 0.225. The lowest BCUT2D eigenvalue weighted by atomic mass is 9.93. The van der Waals surface area contributed by atoms with Gasteiger partial charge in [-0.3, -0.25) is 9.59 Å². The summed E-state index contributed by atoms with van der Waals surface area (Å²) in [6.45, 7) is 1.72. The lowest BCUT2D eigenvalue weighted by molar-refractivity contribution is -0.137. The Labute approximate surface area is 239 Å². The molecule has 3 heterocycles. The lowest BCUT2D eigenvalue weighted by Gasteiger charge is -2.19. The first kappa shape index (κ1) is 27.3. The normalized spacial score (nSPS) is 14.6. The van der Waals surface area contributed by atoms with Gasteiger partial charge in [0.1, 0.15) is 17.5 Å². The first-order valence-electron chi connectivity index (χ1n) is 12.3. The Kier molecular flexibility index (Phi) is 6.45. The fraction of sp³-hybridized carbons (Fsp3) is 0.103. The lowest BCUT2D eigenvalue weighted by Crippen LogP contribution is -2.21. The minimum absolute atomic E-state index is 0.0175. The number of alkyl halides is 3. The predicted octanol–water partition coefficient (Wildman–Crippen LogP) is 6.74. The maximum atomic E-state index is 14.2. The van der Waals surface area contributed by atoms with E-state index < -0.39 is 46.8 Å². The van der Waals surface area contributed by atoms with E-state index in [1.54, 1.807) is 31.3 Å². The van der Waals surface area contributed by atoms with E-state index in [0.29, 0.717) is 34.7 Å². The van der Waals surface area contributed by atoms with Crippen LogP contribution in [0.3, 0.4) is 0 Å². The van der Waals surface area contributed by atoms with E-state index in [4.69, 9.17) is 11.6 Å². The first-order chi connectivity index (χ1) is 19.9. The molecule has 0 radical (unpaired) electrons. The molecule has 6 rings (SSSR count). The van der Waals surface area contributed by atoms with Crippen LogP contribution in [0.4, 0.5) is 27.6 Å². The molecule has 1 aliphatic heterocycles. The summed E-state index contributed by atoms with van der Waals surface area (Å²) in [5, 5.41) is 9.67. The molecule has 2 amide bonds. The van der Waals surface area contributed by atoms with E-state index >= 15 is 0 Å². The van der Waals surface area contributed by atoms with Crippen LogP contribution < -0.4 is 10.6 Å². The van der Waals surface area contributed by atoms with E-state index in [0.717, 1.165) is 12.1 Å². The van der Waals surface area contributed by atoms with Crippen molar-refractivity contribution in [2.24, 2.45) is 0 Å². The molecule has 2 N–H and O–H groups in total. The summed E-state index contributed by atoms with van der Waals surface area (Å²) in [5.41, 5.74) is 0.152. The van der Waals surface area contributed by atoms with Gasteiger partial charge in [-0.25, -0.2) is 18.3 Å². The van der Waals surface area contributed by atoms with Crippen LogP contribution in [-0.4, -0.2) is 26.4 Å². The van der Waals surface area contributed by atoms with Crippen LogP contribution in [0.15, 0.2) is 66.9 Å². The number of halogens is 6. The highest BCUT2D eigenvalue weighted by molar-refractivity contribution is 6.31. The Morgan fingerprint density at radius 3 is 2.55 bits per heavy atom. The molecule has 0 saturated carbocycles. The number of carbonyl (C=O) groups is 2. The van der Waals surface area contributed by atoms with Gasteiger partial charge in [-0.05, 0) is 73.2 Å². The number of pyridine rings is 1. The number of aryl methyl sites for hydroxylation is 1. The van der Waals surface area contributed by atoms with Crippen molar-refractivity contribution >= 4 is 34.7 Å². The molecule has 1 aliphatic rings. The van der Waals surface area contributed by atoms with E-state index in [2.05, 4.69) is 20.7 Å². The molecular formula is C29H17ClF5N5O2. The van der Waals surface area contributed by atoms with Gasteiger partial charge < -0.3 is 10.6 Å². The van der Waals surface area contributed by atoms with Gasteiger partial charge in [0.05, 0.1) is 11.6 Å². The molecule has 13 heteroatoms. The maximum absolute atomic E-state index is 14.2. The molecule has 42 heavy (non-hydrogen) atoms. The fourth-order valence-corrected chi connectivity index (χ4v) is 5.14. The van der Waals surface area contributed by atoms with Crippen molar-refractivity contribution in [1.82, 2.24) is 19.9 Å². The minimum atomic E-state index is -4.90. The Hall–Kier alpha value is -4.84. The predicted molar refractivity (Wildman–Crippen MR) is 143 cm³/mol. The number of fused-ring (bicyclic) bond motifs is 2. The van der Waals surface area contributed by atoms with E-state index in [1.807, 2.05) is 0 Å². The van der Waals surface area contributed by atoms with Crippen LogP contribution in [0.5, 0.6) is 0 Å². The summed E-state index contributed by atoms with van der Waals surface area (Å²) >= 11 is 6.34. The van der Waals surface area contributed by atoms with Gasteiger partial charge >= 0.3 is 6.18 Å². The van der Waals surface area contributed by atoms with Crippen LogP contribution in [0.25, 0.3) is 16.8 Å². The minimum Gasteiger partial charge on any atom is -0.341 e. The van der Waals surface area contributed by atoms with Crippen LogP contribution >= 0.6 is 11.6 Å². The zero-order valence-electron chi connectivity index (χ0n) is 21.4. The average molecular weight is 598 g/mol. The Morgan fingerprint density at radius 2 is 1.79 bits per heavy atom. The molecule has 5 aromatic rings. The van der Waals surface area contributed by atoms with Crippen LogP contribution in [-0.2, 0) is 6.18 Å². The van der Waals surface area contributed by atoms with Crippen LogP contribution in [0, 0.1) is 18.6 Å². The summed E-state index contributed by atoms with van der Waals surface area (Å²) in [7, 11) is 0. The fourth-order valence-electron chi connectivity index (χ4n) is 4.92. The third-order valence-electron chi connectivity index (χ3n) is 6.76. The Morgan fingerprint density at radius 1 is 1.00 bits per heavy atom. The monoisotopic (exact) mass is 597 g/mol. The van der Waals surface area contributed by atoms with E-state index in [-0.39, 0.29) is 33.5 Å². The molecule has 0 fully saturated rings. The molecule has 0 saturated heterocycles. The molecule has 2 aromatic heterocycles. The largest absolute Gasteiger partial charge is 0.416 e. The summed E-state index contributed by atoms with van der Waals surface area (Å²) in [4.78, 5) is 30.7.